The average molecular weight is 330 g/mol. The number of aromatic nitrogens is 1. The summed E-state index contributed by atoms with van der Waals surface area (Å²) in [6.45, 7) is 5.17. The standard InChI is InChI=1S/C19H23FN2O2/c1-19(14-24-17-7-3-2-6-16(17)20)8-11-22(12-9-19)13-15-5-4-10-21-18(15)23/h2-7,10H,8-9,11-14H2,1H3,(H,21,23). The van der Waals surface area contributed by atoms with Crippen molar-refractivity contribution >= 4 is 0 Å². The van der Waals surface area contributed by atoms with Crippen LogP contribution in [0.25, 0.3) is 0 Å². The van der Waals surface area contributed by atoms with Crippen LogP contribution in [0.3, 0.4) is 0 Å². The van der Waals surface area contributed by atoms with Gasteiger partial charge in [0, 0.05) is 23.7 Å². The molecule has 1 N–H and O–H groups in total. The van der Waals surface area contributed by atoms with Gasteiger partial charge in [-0.15, -0.1) is 0 Å². The molecule has 1 fully saturated rings. The average Bonchev–Trinajstić information content (AvgIpc) is 2.58. The monoisotopic (exact) mass is 330 g/mol. The maximum absolute atomic E-state index is 13.6. The molecular weight excluding hydrogens is 307 g/mol. The zero-order valence-electron chi connectivity index (χ0n) is 13.9. The molecule has 0 saturated carbocycles. The SMILES string of the molecule is CC1(COc2ccccc2F)CCN(Cc2ccc[nH]c2=O)CC1. The number of pyridine rings is 1. The number of hydrogen-bond acceptors (Lipinski definition) is 3. The Balaban J connectivity index is 1.53. The molecule has 0 unspecified atom stereocenters. The first-order valence-corrected chi connectivity index (χ1v) is 8.32. The summed E-state index contributed by atoms with van der Waals surface area (Å²) >= 11 is 0. The molecule has 2 aromatic rings. The van der Waals surface area contributed by atoms with Crippen molar-refractivity contribution in [1.29, 1.82) is 0 Å². The van der Waals surface area contributed by atoms with E-state index in [0.717, 1.165) is 31.5 Å². The summed E-state index contributed by atoms with van der Waals surface area (Å²) in [4.78, 5) is 16.8. The quantitative estimate of drug-likeness (QED) is 0.916. The third kappa shape index (κ3) is 4.03. The van der Waals surface area contributed by atoms with Gasteiger partial charge in [-0.05, 0) is 44.1 Å². The van der Waals surface area contributed by atoms with E-state index < -0.39 is 0 Å². The second-order valence-electron chi connectivity index (χ2n) is 6.83. The predicted molar refractivity (Wildman–Crippen MR) is 91.6 cm³/mol. The topological polar surface area (TPSA) is 45.3 Å². The molecule has 0 aliphatic carbocycles. The second kappa shape index (κ2) is 7.18. The molecular formula is C19H23FN2O2. The lowest BCUT2D eigenvalue weighted by Gasteiger charge is -2.39. The van der Waals surface area contributed by atoms with Crippen molar-refractivity contribution in [1.82, 2.24) is 9.88 Å². The zero-order valence-corrected chi connectivity index (χ0v) is 13.9. The van der Waals surface area contributed by atoms with Crippen LogP contribution in [0.1, 0.15) is 25.3 Å². The fraction of sp³-hybridized carbons (Fsp3) is 0.421. The van der Waals surface area contributed by atoms with Gasteiger partial charge in [-0.3, -0.25) is 9.69 Å². The molecule has 3 rings (SSSR count). The Morgan fingerprint density at radius 1 is 1.21 bits per heavy atom. The van der Waals surface area contributed by atoms with Gasteiger partial charge in [0.05, 0.1) is 6.61 Å². The molecule has 1 aromatic heterocycles. The lowest BCUT2D eigenvalue weighted by molar-refractivity contribution is 0.0639. The van der Waals surface area contributed by atoms with Crippen molar-refractivity contribution in [2.75, 3.05) is 19.7 Å². The number of halogens is 1. The minimum absolute atomic E-state index is 0.0197. The normalized spacial score (nSPS) is 17.6. The van der Waals surface area contributed by atoms with Gasteiger partial charge in [-0.2, -0.15) is 0 Å². The number of nitrogens with one attached hydrogen (secondary N) is 1. The molecule has 1 aromatic carbocycles. The molecule has 1 saturated heterocycles. The number of likely N-dealkylation sites (tertiary alicyclic amines) is 1. The Bertz CT molecular complexity index is 736. The summed E-state index contributed by atoms with van der Waals surface area (Å²) in [5, 5.41) is 0. The molecule has 0 bridgehead atoms. The van der Waals surface area contributed by atoms with Crippen LogP contribution >= 0.6 is 0 Å². The summed E-state index contributed by atoms with van der Waals surface area (Å²) in [6, 6.07) is 10.2. The van der Waals surface area contributed by atoms with E-state index in [1.807, 2.05) is 12.1 Å². The molecule has 2 heterocycles. The van der Waals surface area contributed by atoms with Crippen LogP contribution in [0.2, 0.25) is 0 Å². The van der Waals surface area contributed by atoms with Gasteiger partial charge in [0.15, 0.2) is 11.6 Å². The molecule has 24 heavy (non-hydrogen) atoms. The van der Waals surface area contributed by atoms with Crippen molar-refractivity contribution in [3.8, 4) is 5.75 Å². The third-order valence-corrected chi connectivity index (χ3v) is 4.77. The van der Waals surface area contributed by atoms with Crippen molar-refractivity contribution in [2.24, 2.45) is 5.41 Å². The number of aromatic amines is 1. The fourth-order valence-electron chi connectivity index (χ4n) is 3.03. The minimum atomic E-state index is -0.318. The van der Waals surface area contributed by atoms with Crippen molar-refractivity contribution in [3.63, 3.8) is 0 Å². The van der Waals surface area contributed by atoms with E-state index in [2.05, 4.69) is 16.8 Å². The van der Waals surface area contributed by atoms with Gasteiger partial charge in [-0.1, -0.05) is 25.1 Å². The highest BCUT2D eigenvalue weighted by atomic mass is 19.1. The number of benzene rings is 1. The van der Waals surface area contributed by atoms with Crippen molar-refractivity contribution < 1.29 is 9.13 Å². The Labute approximate surface area is 141 Å². The lowest BCUT2D eigenvalue weighted by atomic mass is 9.81. The first-order chi connectivity index (χ1) is 11.6. The summed E-state index contributed by atoms with van der Waals surface area (Å²) in [5.74, 6) is -0.00110. The van der Waals surface area contributed by atoms with Crippen LogP contribution in [0.15, 0.2) is 47.4 Å². The first-order valence-electron chi connectivity index (χ1n) is 8.32. The number of rotatable bonds is 5. The van der Waals surface area contributed by atoms with Crippen LogP contribution in [-0.4, -0.2) is 29.6 Å². The summed E-state index contributed by atoms with van der Waals surface area (Å²) < 4.78 is 19.3. The van der Waals surface area contributed by atoms with Crippen molar-refractivity contribution in [2.45, 2.75) is 26.3 Å². The van der Waals surface area contributed by atoms with E-state index in [4.69, 9.17) is 4.74 Å². The number of para-hydroxylation sites is 1. The predicted octanol–water partition coefficient (Wildman–Crippen LogP) is 3.20. The Hall–Kier alpha value is -2.14. The molecule has 0 atom stereocenters. The molecule has 0 spiro atoms. The van der Waals surface area contributed by atoms with Crippen molar-refractivity contribution in [3.05, 3.63) is 64.3 Å². The van der Waals surface area contributed by atoms with Crippen LogP contribution in [0.4, 0.5) is 4.39 Å². The highest BCUT2D eigenvalue weighted by molar-refractivity contribution is 5.23. The first kappa shape index (κ1) is 16.7. The molecule has 5 heteroatoms. The summed E-state index contributed by atoms with van der Waals surface area (Å²) in [6.07, 6.45) is 3.58. The molecule has 1 aliphatic rings. The van der Waals surface area contributed by atoms with E-state index >= 15 is 0 Å². The molecule has 0 radical (unpaired) electrons. The molecule has 4 nitrogen and oxygen atoms in total. The third-order valence-electron chi connectivity index (χ3n) is 4.77. The second-order valence-corrected chi connectivity index (χ2v) is 6.83. The maximum Gasteiger partial charge on any atom is 0.252 e. The number of ether oxygens (including phenoxy) is 1. The van der Waals surface area contributed by atoms with Gasteiger partial charge < -0.3 is 9.72 Å². The van der Waals surface area contributed by atoms with Gasteiger partial charge in [0.25, 0.3) is 5.56 Å². The van der Waals surface area contributed by atoms with E-state index in [1.165, 1.54) is 6.07 Å². The van der Waals surface area contributed by atoms with Crippen LogP contribution < -0.4 is 10.3 Å². The van der Waals surface area contributed by atoms with E-state index in [9.17, 15) is 9.18 Å². The zero-order chi connectivity index (χ0) is 17.0. The molecule has 128 valence electrons. The van der Waals surface area contributed by atoms with E-state index in [1.54, 1.807) is 24.4 Å². The number of hydrogen-bond donors (Lipinski definition) is 1. The van der Waals surface area contributed by atoms with Crippen LogP contribution in [0.5, 0.6) is 5.75 Å². The molecule has 1 aliphatic heterocycles. The fourth-order valence-corrected chi connectivity index (χ4v) is 3.03. The van der Waals surface area contributed by atoms with Gasteiger partial charge in [0.1, 0.15) is 0 Å². The maximum atomic E-state index is 13.6. The van der Waals surface area contributed by atoms with Gasteiger partial charge in [-0.25, -0.2) is 4.39 Å². The van der Waals surface area contributed by atoms with Gasteiger partial charge >= 0.3 is 0 Å². The highest BCUT2D eigenvalue weighted by Crippen LogP contribution is 2.32. The lowest BCUT2D eigenvalue weighted by Crippen LogP contribution is -2.41. The molecule has 0 amide bonds. The van der Waals surface area contributed by atoms with E-state index in [0.29, 0.717) is 18.9 Å². The smallest absolute Gasteiger partial charge is 0.252 e. The van der Waals surface area contributed by atoms with Crippen LogP contribution in [0, 0.1) is 11.2 Å². The summed E-state index contributed by atoms with van der Waals surface area (Å²) in [5.41, 5.74) is 0.805. The highest BCUT2D eigenvalue weighted by Gasteiger charge is 2.31. The Kier molecular flexibility index (Phi) is 5.00. The summed E-state index contributed by atoms with van der Waals surface area (Å²) in [7, 11) is 0. The Morgan fingerprint density at radius 3 is 2.67 bits per heavy atom. The van der Waals surface area contributed by atoms with E-state index in [-0.39, 0.29) is 16.8 Å². The number of H-pyrrole nitrogens is 1. The van der Waals surface area contributed by atoms with Crippen LogP contribution in [-0.2, 0) is 6.54 Å². The van der Waals surface area contributed by atoms with Gasteiger partial charge in [0.2, 0.25) is 0 Å². The number of piperidine rings is 1. The minimum Gasteiger partial charge on any atom is -0.490 e. The number of nitrogens with zero attached hydrogens (tertiary/aromatic N) is 1. The Morgan fingerprint density at radius 2 is 1.96 bits per heavy atom. The largest absolute Gasteiger partial charge is 0.490 e.